The number of amides is 1. The first-order valence-electron chi connectivity index (χ1n) is 9.29. The molecule has 0 bridgehead atoms. The summed E-state index contributed by atoms with van der Waals surface area (Å²) >= 11 is 0. The van der Waals surface area contributed by atoms with Gasteiger partial charge in [0.1, 0.15) is 0 Å². The SMILES string of the molecule is Cc1nn(C)c2nc(-c3ccccc3)cc(C(=O)Nc3ccccc3OC(F)(F)F)c12. The quantitative estimate of drug-likeness (QED) is 0.493. The van der Waals surface area contributed by atoms with Gasteiger partial charge in [-0.15, -0.1) is 13.2 Å². The van der Waals surface area contributed by atoms with Crippen LogP contribution in [0.2, 0.25) is 0 Å². The molecule has 158 valence electrons. The number of hydrogen-bond donors (Lipinski definition) is 1. The van der Waals surface area contributed by atoms with Crippen molar-refractivity contribution < 1.29 is 22.7 Å². The van der Waals surface area contributed by atoms with E-state index in [0.29, 0.717) is 22.4 Å². The fraction of sp³-hybridized carbons (Fsp3) is 0.136. The number of anilines is 1. The molecular formula is C22H17F3N4O2. The van der Waals surface area contributed by atoms with E-state index in [1.165, 1.54) is 18.2 Å². The molecule has 4 aromatic rings. The van der Waals surface area contributed by atoms with Gasteiger partial charge < -0.3 is 10.1 Å². The highest BCUT2D eigenvalue weighted by Gasteiger charge is 2.32. The first kappa shape index (κ1) is 20.4. The number of nitrogens with one attached hydrogen (secondary N) is 1. The lowest BCUT2D eigenvalue weighted by atomic mass is 10.0. The summed E-state index contributed by atoms with van der Waals surface area (Å²) in [7, 11) is 1.71. The molecular weight excluding hydrogens is 409 g/mol. The summed E-state index contributed by atoms with van der Waals surface area (Å²) in [4.78, 5) is 17.8. The largest absolute Gasteiger partial charge is 0.573 e. The van der Waals surface area contributed by atoms with Crippen molar-refractivity contribution in [3.63, 3.8) is 0 Å². The van der Waals surface area contributed by atoms with Crippen LogP contribution in [0, 0.1) is 6.92 Å². The normalized spacial score (nSPS) is 11.5. The molecule has 6 nitrogen and oxygen atoms in total. The molecule has 1 N–H and O–H groups in total. The van der Waals surface area contributed by atoms with Crippen molar-refractivity contribution in [3.05, 3.63) is 71.9 Å². The maximum atomic E-state index is 13.2. The molecule has 2 aromatic heterocycles. The van der Waals surface area contributed by atoms with E-state index in [4.69, 9.17) is 0 Å². The molecule has 0 saturated carbocycles. The molecule has 2 heterocycles. The minimum Gasteiger partial charge on any atom is -0.404 e. The Hall–Kier alpha value is -3.88. The van der Waals surface area contributed by atoms with Crippen LogP contribution in [-0.2, 0) is 7.05 Å². The number of pyridine rings is 1. The second-order valence-electron chi connectivity index (χ2n) is 6.83. The predicted octanol–water partition coefficient (Wildman–Crippen LogP) is 5.09. The van der Waals surface area contributed by atoms with Crippen LogP contribution in [0.1, 0.15) is 16.1 Å². The maximum absolute atomic E-state index is 13.2. The number of nitrogens with zero attached hydrogens (tertiary/aromatic N) is 3. The van der Waals surface area contributed by atoms with Crippen molar-refractivity contribution in [1.82, 2.24) is 14.8 Å². The van der Waals surface area contributed by atoms with Crippen LogP contribution in [0.4, 0.5) is 18.9 Å². The van der Waals surface area contributed by atoms with Crippen LogP contribution < -0.4 is 10.1 Å². The second-order valence-corrected chi connectivity index (χ2v) is 6.83. The van der Waals surface area contributed by atoms with Crippen molar-refractivity contribution in [2.24, 2.45) is 7.05 Å². The van der Waals surface area contributed by atoms with E-state index >= 15 is 0 Å². The number of aryl methyl sites for hydroxylation is 2. The van der Waals surface area contributed by atoms with Crippen molar-refractivity contribution in [2.45, 2.75) is 13.3 Å². The van der Waals surface area contributed by atoms with Gasteiger partial charge in [-0.05, 0) is 25.1 Å². The van der Waals surface area contributed by atoms with Gasteiger partial charge in [0, 0.05) is 12.6 Å². The van der Waals surface area contributed by atoms with Crippen molar-refractivity contribution >= 4 is 22.6 Å². The Morgan fingerprint density at radius 1 is 1.06 bits per heavy atom. The van der Waals surface area contributed by atoms with E-state index in [2.05, 4.69) is 20.1 Å². The van der Waals surface area contributed by atoms with Gasteiger partial charge in [0.15, 0.2) is 11.4 Å². The minimum atomic E-state index is -4.88. The van der Waals surface area contributed by atoms with Crippen molar-refractivity contribution in [1.29, 1.82) is 0 Å². The average molecular weight is 426 g/mol. The van der Waals surface area contributed by atoms with E-state index in [1.807, 2.05) is 30.3 Å². The molecule has 0 aliphatic carbocycles. The lowest BCUT2D eigenvalue weighted by Gasteiger charge is -2.14. The van der Waals surface area contributed by atoms with Crippen LogP contribution in [0.25, 0.3) is 22.3 Å². The number of ether oxygens (including phenoxy) is 1. The van der Waals surface area contributed by atoms with E-state index in [-0.39, 0.29) is 11.3 Å². The van der Waals surface area contributed by atoms with Gasteiger partial charge >= 0.3 is 6.36 Å². The van der Waals surface area contributed by atoms with E-state index in [0.717, 1.165) is 11.6 Å². The Bertz CT molecular complexity index is 1270. The summed E-state index contributed by atoms with van der Waals surface area (Å²) < 4.78 is 43.8. The fourth-order valence-corrected chi connectivity index (χ4v) is 3.35. The first-order chi connectivity index (χ1) is 14.7. The lowest BCUT2D eigenvalue weighted by molar-refractivity contribution is -0.274. The zero-order valence-corrected chi connectivity index (χ0v) is 16.6. The standard InChI is InChI=1S/C22H17F3N4O2/c1-13-19-15(21(30)27-16-10-6-7-11-18(16)31-22(23,24)25)12-17(14-8-4-3-5-9-14)26-20(19)29(2)28-13/h3-12H,1-2H3,(H,27,30). The molecule has 0 unspecified atom stereocenters. The predicted molar refractivity (Wildman–Crippen MR) is 110 cm³/mol. The van der Waals surface area contributed by atoms with Gasteiger partial charge in [-0.25, -0.2) is 4.98 Å². The van der Waals surface area contributed by atoms with Gasteiger partial charge in [-0.1, -0.05) is 42.5 Å². The molecule has 31 heavy (non-hydrogen) atoms. The molecule has 0 aliphatic rings. The lowest BCUT2D eigenvalue weighted by Crippen LogP contribution is -2.20. The number of para-hydroxylation sites is 2. The third-order valence-corrected chi connectivity index (χ3v) is 4.64. The zero-order valence-electron chi connectivity index (χ0n) is 16.6. The van der Waals surface area contributed by atoms with Gasteiger partial charge in [-0.3, -0.25) is 9.48 Å². The molecule has 0 aliphatic heterocycles. The zero-order chi connectivity index (χ0) is 22.2. The molecule has 0 fully saturated rings. The highest BCUT2D eigenvalue weighted by Crippen LogP contribution is 2.32. The minimum absolute atomic E-state index is 0.0995. The number of rotatable bonds is 4. The number of fused-ring (bicyclic) bond motifs is 1. The van der Waals surface area contributed by atoms with Crippen molar-refractivity contribution in [2.75, 3.05) is 5.32 Å². The van der Waals surface area contributed by atoms with Crippen LogP contribution in [0.3, 0.4) is 0 Å². The Labute approximate surface area is 175 Å². The summed E-state index contributed by atoms with van der Waals surface area (Å²) in [6, 6.07) is 16.2. The number of carbonyl (C=O) groups excluding carboxylic acids is 1. The van der Waals surface area contributed by atoms with Gasteiger partial charge in [0.2, 0.25) is 0 Å². The maximum Gasteiger partial charge on any atom is 0.573 e. The van der Waals surface area contributed by atoms with Crippen LogP contribution in [0.5, 0.6) is 5.75 Å². The third-order valence-electron chi connectivity index (χ3n) is 4.64. The van der Waals surface area contributed by atoms with Crippen LogP contribution in [-0.4, -0.2) is 27.0 Å². The summed E-state index contributed by atoms with van der Waals surface area (Å²) in [6.45, 7) is 1.74. The van der Waals surface area contributed by atoms with E-state index in [1.54, 1.807) is 24.7 Å². The van der Waals surface area contributed by atoms with Gasteiger partial charge in [0.05, 0.1) is 28.0 Å². The summed E-state index contributed by atoms with van der Waals surface area (Å²) in [5.41, 5.74) is 2.55. The highest BCUT2D eigenvalue weighted by molar-refractivity contribution is 6.13. The number of carbonyl (C=O) groups is 1. The molecule has 1 amide bonds. The third kappa shape index (κ3) is 4.20. The number of hydrogen-bond acceptors (Lipinski definition) is 4. The Morgan fingerprint density at radius 2 is 1.74 bits per heavy atom. The number of aromatic nitrogens is 3. The second kappa shape index (κ2) is 7.75. The summed E-state index contributed by atoms with van der Waals surface area (Å²) in [6.07, 6.45) is -4.88. The molecule has 4 rings (SSSR count). The first-order valence-corrected chi connectivity index (χ1v) is 9.29. The number of alkyl halides is 3. The van der Waals surface area contributed by atoms with Gasteiger partial charge in [0.25, 0.3) is 5.91 Å². The summed E-state index contributed by atoms with van der Waals surface area (Å²) in [5.74, 6) is -1.10. The molecule has 0 saturated heterocycles. The van der Waals surface area contributed by atoms with Crippen molar-refractivity contribution in [3.8, 4) is 17.0 Å². The molecule has 0 spiro atoms. The smallest absolute Gasteiger partial charge is 0.404 e. The fourth-order valence-electron chi connectivity index (χ4n) is 3.35. The molecule has 9 heteroatoms. The van der Waals surface area contributed by atoms with E-state index in [9.17, 15) is 18.0 Å². The highest BCUT2D eigenvalue weighted by atomic mass is 19.4. The Morgan fingerprint density at radius 3 is 2.45 bits per heavy atom. The molecule has 0 radical (unpaired) electrons. The van der Waals surface area contributed by atoms with Crippen LogP contribution in [0.15, 0.2) is 60.7 Å². The van der Waals surface area contributed by atoms with E-state index < -0.39 is 18.0 Å². The van der Waals surface area contributed by atoms with Gasteiger partial charge in [-0.2, -0.15) is 5.10 Å². The Kier molecular flexibility index (Phi) is 5.10. The topological polar surface area (TPSA) is 69.0 Å². The average Bonchev–Trinajstić information content (AvgIpc) is 3.02. The number of halogens is 3. The van der Waals surface area contributed by atoms with Crippen LogP contribution >= 0.6 is 0 Å². The summed E-state index contributed by atoms with van der Waals surface area (Å²) in [5, 5.41) is 7.39. The molecule has 0 atom stereocenters. The monoisotopic (exact) mass is 426 g/mol. The molecule has 2 aromatic carbocycles. The Balaban J connectivity index is 1.80. The number of benzene rings is 2.